The molecule has 0 bridgehead atoms. The van der Waals surface area contributed by atoms with Crippen LogP contribution < -0.4 is 5.48 Å². The van der Waals surface area contributed by atoms with E-state index >= 15 is 0 Å². The molecule has 0 radical (unpaired) electrons. The number of carbonyl (C=O) groups is 2. The summed E-state index contributed by atoms with van der Waals surface area (Å²) in [6.45, 7) is 4.72. The van der Waals surface area contributed by atoms with Gasteiger partial charge in [0, 0.05) is 30.5 Å². The second-order valence-electron chi connectivity index (χ2n) is 9.43. The van der Waals surface area contributed by atoms with E-state index < -0.39 is 0 Å². The van der Waals surface area contributed by atoms with E-state index in [1.165, 1.54) is 13.5 Å². The van der Waals surface area contributed by atoms with Crippen molar-refractivity contribution in [1.82, 2.24) is 10.4 Å². The number of hydroxylamine groups is 1. The first-order valence-corrected chi connectivity index (χ1v) is 10.1. The van der Waals surface area contributed by atoms with Crippen LogP contribution in [0.2, 0.25) is 0 Å². The van der Waals surface area contributed by atoms with Crippen molar-refractivity contribution in [3.05, 3.63) is 11.6 Å². The van der Waals surface area contributed by atoms with Crippen molar-refractivity contribution < 1.29 is 14.4 Å². The fraction of sp³-hybridized carbons (Fsp3) is 0.810. The number of allylic oxidation sites excluding steroid dienone is 1. The number of fused-ring (bicyclic) bond motifs is 5. The van der Waals surface area contributed by atoms with Gasteiger partial charge in [-0.2, -0.15) is 0 Å². The molecule has 6 atom stereocenters. The number of rotatable bonds is 2. The van der Waals surface area contributed by atoms with Gasteiger partial charge in [0.1, 0.15) is 0 Å². The number of nitrogens with zero attached hydrogens (tertiary/aromatic N) is 1. The molecule has 1 aliphatic heterocycles. The number of nitrogens with one attached hydrogen (secondary N) is 1. The summed E-state index contributed by atoms with van der Waals surface area (Å²) in [6.07, 6.45) is 9.37. The molecule has 1 N–H and O–H groups in total. The molecule has 144 valence electrons. The zero-order chi connectivity index (χ0) is 18.7. The van der Waals surface area contributed by atoms with Crippen LogP contribution in [-0.2, 0) is 14.4 Å². The van der Waals surface area contributed by atoms with Crippen molar-refractivity contribution in [1.29, 1.82) is 0 Å². The molecular formula is C21H32N2O3. The fourth-order valence-electron chi connectivity index (χ4n) is 7.22. The van der Waals surface area contributed by atoms with Crippen molar-refractivity contribution in [3.8, 4) is 0 Å². The van der Waals surface area contributed by atoms with E-state index in [9.17, 15) is 9.59 Å². The Hall–Kier alpha value is -1.36. The first-order chi connectivity index (χ1) is 12.3. The third-order valence-electron chi connectivity index (χ3n) is 8.58. The van der Waals surface area contributed by atoms with Gasteiger partial charge in [-0.1, -0.05) is 19.9 Å². The summed E-state index contributed by atoms with van der Waals surface area (Å²) < 4.78 is 0. The average Bonchev–Trinajstić information content (AvgIpc) is 2.96. The fourth-order valence-corrected chi connectivity index (χ4v) is 7.22. The predicted molar refractivity (Wildman–Crippen MR) is 98.8 cm³/mol. The van der Waals surface area contributed by atoms with E-state index in [0.717, 1.165) is 37.7 Å². The van der Waals surface area contributed by atoms with Crippen molar-refractivity contribution >= 4 is 11.8 Å². The Kier molecular flexibility index (Phi) is 4.22. The summed E-state index contributed by atoms with van der Waals surface area (Å²) in [7, 11) is 3.50. The minimum absolute atomic E-state index is 0.0383. The first-order valence-electron chi connectivity index (χ1n) is 10.1. The van der Waals surface area contributed by atoms with Crippen LogP contribution in [0.4, 0.5) is 0 Å². The Morgan fingerprint density at radius 1 is 1.23 bits per heavy atom. The van der Waals surface area contributed by atoms with E-state index in [1.807, 2.05) is 11.9 Å². The normalized spacial score (nSPS) is 44.7. The Labute approximate surface area is 156 Å². The molecule has 5 nitrogen and oxygen atoms in total. The molecule has 0 aromatic heterocycles. The van der Waals surface area contributed by atoms with Gasteiger partial charge in [-0.05, 0) is 61.7 Å². The SMILES string of the molecule is CONC(=O)C1=CC[C@H]2[C@@H]3CCC4N(C)C(=O)CC[C@]4(C)[C@H]3CC[C@]12C. The summed E-state index contributed by atoms with van der Waals surface area (Å²) >= 11 is 0. The van der Waals surface area contributed by atoms with E-state index in [-0.39, 0.29) is 16.7 Å². The van der Waals surface area contributed by atoms with E-state index in [0.29, 0.717) is 36.1 Å². The van der Waals surface area contributed by atoms with Gasteiger partial charge in [-0.15, -0.1) is 0 Å². The lowest BCUT2D eigenvalue weighted by molar-refractivity contribution is -0.157. The third kappa shape index (κ3) is 2.32. The number of hydrogen-bond acceptors (Lipinski definition) is 3. The number of piperidine rings is 1. The maximum Gasteiger partial charge on any atom is 0.270 e. The van der Waals surface area contributed by atoms with Gasteiger partial charge in [0.2, 0.25) is 5.91 Å². The first kappa shape index (κ1) is 18.0. The molecule has 0 aromatic carbocycles. The van der Waals surface area contributed by atoms with Crippen LogP contribution in [-0.4, -0.2) is 36.9 Å². The Balaban J connectivity index is 1.60. The lowest BCUT2D eigenvalue weighted by Crippen LogP contribution is -2.61. The maximum absolute atomic E-state index is 12.5. The van der Waals surface area contributed by atoms with Crippen molar-refractivity contribution in [3.63, 3.8) is 0 Å². The Morgan fingerprint density at radius 2 is 2.00 bits per heavy atom. The van der Waals surface area contributed by atoms with Crippen molar-refractivity contribution in [2.75, 3.05) is 14.2 Å². The zero-order valence-electron chi connectivity index (χ0n) is 16.5. The highest BCUT2D eigenvalue weighted by Crippen LogP contribution is 2.64. The monoisotopic (exact) mass is 360 g/mol. The zero-order valence-corrected chi connectivity index (χ0v) is 16.5. The van der Waals surface area contributed by atoms with Crippen LogP contribution in [0.5, 0.6) is 0 Å². The van der Waals surface area contributed by atoms with Gasteiger partial charge >= 0.3 is 0 Å². The van der Waals surface area contributed by atoms with E-state index in [1.54, 1.807) is 0 Å². The van der Waals surface area contributed by atoms with Crippen LogP contribution >= 0.6 is 0 Å². The summed E-state index contributed by atoms with van der Waals surface area (Å²) in [5.41, 5.74) is 3.64. The molecule has 4 rings (SSSR count). The molecule has 3 fully saturated rings. The van der Waals surface area contributed by atoms with Gasteiger partial charge in [0.15, 0.2) is 0 Å². The molecule has 26 heavy (non-hydrogen) atoms. The van der Waals surface area contributed by atoms with Crippen LogP contribution in [0.25, 0.3) is 0 Å². The summed E-state index contributed by atoms with van der Waals surface area (Å²) in [5, 5.41) is 0. The predicted octanol–water partition coefficient (Wildman–Crippen LogP) is 3.06. The van der Waals surface area contributed by atoms with Crippen LogP contribution in [0, 0.1) is 28.6 Å². The summed E-state index contributed by atoms with van der Waals surface area (Å²) in [4.78, 5) is 31.6. The molecule has 0 aromatic rings. The molecule has 5 heteroatoms. The standard InChI is InChI=1S/C21H32N2O3/c1-20-11-9-15-13(14(20)6-7-16(20)19(25)22-26-4)5-8-17-21(15,2)12-10-18(24)23(17)3/h7,13-15,17H,5-6,8-12H2,1-4H3,(H,22,25)/t13-,14-,15-,17?,20-,21+/m0/s1. The highest BCUT2D eigenvalue weighted by Gasteiger charge is 2.60. The number of carbonyl (C=O) groups excluding carboxylic acids is 2. The lowest BCUT2D eigenvalue weighted by Gasteiger charge is -2.61. The molecule has 3 aliphatic carbocycles. The topological polar surface area (TPSA) is 58.6 Å². The van der Waals surface area contributed by atoms with Gasteiger partial charge in [0.25, 0.3) is 5.91 Å². The maximum atomic E-state index is 12.5. The summed E-state index contributed by atoms with van der Waals surface area (Å²) in [5.74, 6) is 2.10. The molecule has 4 aliphatic rings. The lowest BCUT2D eigenvalue weighted by atomic mass is 9.47. The molecule has 1 unspecified atom stereocenters. The number of likely N-dealkylation sites (tertiary alicyclic amines) is 1. The second-order valence-corrected chi connectivity index (χ2v) is 9.43. The van der Waals surface area contributed by atoms with Crippen molar-refractivity contribution in [2.24, 2.45) is 28.6 Å². The van der Waals surface area contributed by atoms with E-state index in [2.05, 4.69) is 25.4 Å². The Bertz CT molecular complexity index is 660. The minimum atomic E-state index is -0.0705. The highest BCUT2D eigenvalue weighted by atomic mass is 16.6. The van der Waals surface area contributed by atoms with Crippen LogP contribution in [0.15, 0.2) is 11.6 Å². The molecule has 0 spiro atoms. The minimum Gasteiger partial charge on any atom is -0.342 e. The van der Waals surface area contributed by atoms with Crippen molar-refractivity contribution in [2.45, 2.75) is 64.8 Å². The quantitative estimate of drug-likeness (QED) is 0.770. The van der Waals surface area contributed by atoms with Crippen LogP contribution in [0.1, 0.15) is 58.8 Å². The highest BCUT2D eigenvalue weighted by molar-refractivity contribution is 5.94. The Morgan fingerprint density at radius 3 is 2.73 bits per heavy atom. The average molecular weight is 360 g/mol. The smallest absolute Gasteiger partial charge is 0.270 e. The molecule has 1 saturated heterocycles. The van der Waals surface area contributed by atoms with Gasteiger partial charge in [-0.3, -0.25) is 14.4 Å². The molecule has 2 amide bonds. The largest absolute Gasteiger partial charge is 0.342 e. The molecular weight excluding hydrogens is 328 g/mol. The summed E-state index contributed by atoms with van der Waals surface area (Å²) in [6, 6.07) is 0.389. The molecule has 2 saturated carbocycles. The van der Waals surface area contributed by atoms with Crippen LogP contribution in [0.3, 0.4) is 0 Å². The number of amides is 2. The number of hydrogen-bond donors (Lipinski definition) is 1. The molecule has 1 heterocycles. The van der Waals surface area contributed by atoms with Gasteiger partial charge in [-0.25, -0.2) is 5.48 Å². The van der Waals surface area contributed by atoms with E-state index in [4.69, 9.17) is 4.84 Å². The second kappa shape index (κ2) is 6.08. The van der Waals surface area contributed by atoms with Gasteiger partial charge < -0.3 is 4.90 Å². The third-order valence-corrected chi connectivity index (χ3v) is 8.58. The van der Waals surface area contributed by atoms with Gasteiger partial charge in [0.05, 0.1) is 7.11 Å².